The fraction of sp³-hybridized carbons (Fsp3) is 0.462. The lowest BCUT2D eigenvalue weighted by Crippen LogP contribution is -2.50. The number of benzene rings is 1. The molecule has 1 aliphatic heterocycles. The number of rotatable bonds is 4. The first-order valence-corrected chi connectivity index (χ1v) is 6.32. The van der Waals surface area contributed by atoms with Gasteiger partial charge in [-0.15, -0.1) is 0 Å². The Labute approximate surface area is 115 Å². The maximum absolute atomic E-state index is 11.3. The number of nitro groups is 1. The highest BCUT2D eigenvalue weighted by Crippen LogP contribution is 2.31. The maximum Gasteiger partial charge on any atom is 0.323 e. The summed E-state index contributed by atoms with van der Waals surface area (Å²) in [5.74, 6) is -0.977. The van der Waals surface area contributed by atoms with Crippen LogP contribution in [0.1, 0.15) is 18.5 Å². The molecule has 0 aliphatic carbocycles. The molecule has 0 saturated carbocycles. The molecule has 7 heteroatoms. The number of hydrogen-bond acceptors (Lipinski definition) is 5. The lowest BCUT2D eigenvalue weighted by atomic mass is 10.0. The predicted molar refractivity (Wildman–Crippen MR) is 70.5 cm³/mol. The van der Waals surface area contributed by atoms with Crippen LogP contribution >= 0.6 is 0 Å². The van der Waals surface area contributed by atoms with E-state index in [0.29, 0.717) is 18.7 Å². The minimum absolute atomic E-state index is 0.00984. The van der Waals surface area contributed by atoms with Gasteiger partial charge >= 0.3 is 5.97 Å². The molecule has 0 bridgehead atoms. The summed E-state index contributed by atoms with van der Waals surface area (Å²) in [7, 11) is 0. The summed E-state index contributed by atoms with van der Waals surface area (Å²) >= 11 is 0. The highest BCUT2D eigenvalue weighted by atomic mass is 16.6. The molecule has 7 nitrogen and oxygen atoms in total. The predicted octanol–water partition coefficient (Wildman–Crippen LogP) is 1.44. The minimum Gasteiger partial charge on any atom is -0.480 e. The summed E-state index contributed by atoms with van der Waals surface area (Å²) in [6.07, 6.45) is 0. The molecule has 2 unspecified atom stereocenters. The average Bonchev–Trinajstić information content (AvgIpc) is 2.46. The Morgan fingerprint density at radius 1 is 1.55 bits per heavy atom. The standard InChI is InChI=1S/C13H16N2O5/c1-9(10-4-2-3-5-11(10)15(18)19)14-6-7-20-8-12(14)13(16)17/h2-5,9,12H,6-8H2,1H3,(H,16,17). The molecular weight excluding hydrogens is 264 g/mol. The topological polar surface area (TPSA) is 92.9 Å². The fourth-order valence-corrected chi connectivity index (χ4v) is 2.48. The zero-order valence-electron chi connectivity index (χ0n) is 11.1. The molecule has 0 amide bonds. The van der Waals surface area contributed by atoms with E-state index in [1.54, 1.807) is 30.0 Å². The van der Waals surface area contributed by atoms with Crippen molar-refractivity contribution in [1.29, 1.82) is 0 Å². The van der Waals surface area contributed by atoms with Crippen molar-refractivity contribution in [2.75, 3.05) is 19.8 Å². The number of aliphatic carboxylic acids is 1. The van der Waals surface area contributed by atoms with Crippen molar-refractivity contribution in [3.63, 3.8) is 0 Å². The molecule has 0 radical (unpaired) electrons. The van der Waals surface area contributed by atoms with Gasteiger partial charge in [0.15, 0.2) is 0 Å². The Morgan fingerprint density at radius 2 is 2.25 bits per heavy atom. The van der Waals surface area contributed by atoms with Crippen molar-refractivity contribution in [1.82, 2.24) is 4.90 Å². The van der Waals surface area contributed by atoms with Crippen LogP contribution in [0.15, 0.2) is 24.3 Å². The molecule has 1 fully saturated rings. The summed E-state index contributed by atoms with van der Waals surface area (Å²) in [5.41, 5.74) is 0.529. The molecule has 0 aromatic heterocycles. The van der Waals surface area contributed by atoms with Crippen LogP contribution in [0.3, 0.4) is 0 Å². The number of carboxylic acids is 1. The van der Waals surface area contributed by atoms with E-state index in [1.165, 1.54) is 6.07 Å². The van der Waals surface area contributed by atoms with Crippen LogP contribution in [-0.2, 0) is 9.53 Å². The largest absolute Gasteiger partial charge is 0.480 e. The van der Waals surface area contributed by atoms with Crippen LogP contribution in [-0.4, -0.2) is 46.7 Å². The second-order valence-corrected chi connectivity index (χ2v) is 4.66. The van der Waals surface area contributed by atoms with Crippen molar-refractivity contribution in [3.05, 3.63) is 39.9 Å². The lowest BCUT2D eigenvalue weighted by molar-refractivity contribution is -0.386. The number of nitro benzene ring substituents is 1. The monoisotopic (exact) mass is 280 g/mol. The van der Waals surface area contributed by atoms with Gasteiger partial charge in [0, 0.05) is 24.2 Å². The number of hydrogen-bond donors (Lipinski definition) is 1. The molecule has 1 saturated heterocycles. The third-order valence-corrected chi connectivity index (χ3v) is 3.54. The highest BCUT2D eigenvalue weighted by Gasteiger charge is 2.35. The smallest absolute Gasteiger partial charge is 0.323 e. The molecule has 2 atom stereocenters. The first-order valence-electron chi connectivity index (χ1n) is 6.32. The van der Waals surface area contributed by atoms with Crippen LogP contribution in [0.4, 0.5) is 5.69 Å². The van der Waals surface area contributed by atoms with Gasteiger partial charge in [0.25, 0.3) is 5.69 Å². The zero-order chi connectivity index (χ0) is 14.7. The van der Waals surface area contributed by atoms with E-state index in [4.69, 9.17) is 4.74 Å². The number of para-hydroxylation sites is 1. The van der Waals surface area contributed by atoms with E-state index >= 15 is 0 Å². The average molecular weight is 280 g/mol. The Bertz CT molecular complexity index is 519. The summed E-state index contributed by atoms with van der Waals surface area (Å²) < 4.78 is 5.18. The third-order valence-electron chi connectivity index (χ3n) is 3.54. The summed E-state index contributed by atoms with van der Waals surface area (Å²) in [5, 5.41) is 20.3. The first kappa shape index (κ1) is 14.4. The van der Waals surface area contributed by atoms with Gasteiger partial charge in [-0.3, -0.25) is 19.8 Å². The van der Waals surface area contributed by atoms with Gasteiger partial charge in [0.2, 0.25) is 0 Å². The van der Waals surface area contributed by atoms with Crippen LogP contribution in [0, 0.1) is 10.1 Å². The Hall–Kier alpha value is -1.99. The number of morpholine rings is 1. The molecule has 1 aromatic rings. The molecule has 108 valence electrons. The zero-order valence-corrected chi connectivity index (χ0v) is 11.1. The Balaban J connectivity index is 2.32. The lowest BCUT2D eigenvalue weighted by Gasteiger charge is -2.37. The third kappa shape index (κ3) is 2.78. The number of carbonyl (C=O) groups is 1. The maximum atomic E-state index is 11.3. The Kier molecular flexibility index (Phi) is 4.31. The van der Waals surface area contributed by atoms with E-state index in [2.05, 4.69) is 0 Å². The highest BCUT2D eigenvalue weighted by molar-refractivity contribution is 5.74. The molecule has 1 aliphatic rings. The van der Waals surface area contributed by atoms with Crippen molar-refractivity contribution >= 4 is 11.7 Å². The SMILES string of the molecule is CC(c1ccccc1[N+](=O)[O-])N1CCOCC1C(=O)O. The fourth-order valence-electron chi connectivity index (χ4n) is 2.48. The van der Waals surface area contributed by atoms with E-state index in [0.717, 1.165) is 0 Å². The Morgan fingerprint density at radius 3 is 2.90 bits per heavy atom. The van der Waals surface area contributed by atoms with E-state index in [1.807, 2.05) is 0 Å². The molecule has 0 spiro atoms. The summed E-state index contributed by atoms with van der Waals surface area (Å²) in [6, 6.07) is 5.27. The van der Waals surface area contributed by atoms with Crippen LogP contribution in [0.25, 0.3) is 0 Å². The van der Waals surface area contributed by atoms with Crippen LogP contribution < -0.4 is 0 Å². The molecule has 20 heavy (non-hydrogen) atoms. The summed E-state index contributed by atoms with van der Waals surface area (Å²) in [4.78, 5) is 23.6. The summed E-state index contributed by atoms with van der Waals surface area (Å²) in [6.45, 7) is 2.74. The molecule has 2 rings (SSSR count). The quantitative estimate of drug-likeness (QED) is 0.662. The van der Waals surface area contributed by atoms with E-state index in [9.17, 15) is 20.0 Å². The van der Waals surface area contributed by atoms with Gasteiger partial charge in [-0.2, -0.15) is 0 Å². The molecule has 1 aromatic carbocycles. The van der Waals surface area contributed by atoms with Gasteiger partial charge in [-0.05, 0) is 6.92 Å². The number of carboxylic acid groups (broad SMARTS) is 1. The van der Waals surface area contributed by atoms with E-state index < -0.39 is 16.9 Å². The van der Waals surface area contributed by atoms with Crippen molar-refractivity contribution in [2.45, 2.75) is 19.0 Å². The van der Waals surface area contributed by atoms with Gasteiger partial charge in [0.05, 0.1) is 18.1 Å². The van der Waals surface area contributed by atoms with E-state index in [-0.39, 0.29) is 18.3 Å². The van der Waals surface area contributed by atoms with Crippen molar-refractivity contribution < 1.29 is 19.6 Å². The van der Waals surface area contributed by atoms with Gasteiger partial charge in [-0.1, -0.05) is 18.2 Å². The normalized spacial score (nSPS) is 21.4. The first-order chi connectivity index (χ1) is 9.52. The van der Waals surface area contributed by atoms with Gasteiger partial charge in [-0.25, -0.2) is 0 Å². The van der Waals surface area contributed by atoms with Crippen LogP contribution in [0.2, 0.25) is 0 Å². The molecule has 1 heterocycles. The van der Waals surface area contributed by atoms with Crippen LogP contribution in [0.5, 0.6) is 0 Å². The second kappa shape index (κ2) is 5.98. The number of ether oxygens (including phenoxy) is 1. The second-order valence-electron chi connectivity index (χ2n) is 4.66. The van der Waals surface area contributed by atoms with Gasteiger partial charge < -0.3 is 9.84 Å². The molecular formula is C13H16N2O5. The molecule has 1 N–H and O–H groups in total. The van der Waals surface area contributed by atoms with Gasteiger partial charge in [0.1, 0.15) is 6.04 Å². The minimum atomic E-state index is -0.977. The van der Waals surface area contributed by atoms with Crippen molar-refractivity contribution in [3.8, 4) is 0 Å². The van der Waals surface area contributed by atoms with Crippen molar-refractivity contribution in [2.24, 2.45) is 0 Å². The number of nitrogens with zero attached hydrogens (tertiary/aromatic N) is 2.